The highest BCUT2D eigenvalue weighted by molar-refractivity contribution is 7.99. The van der Waals surface area contributed by atoms with Crippen LogP contribution in [0.5, 0.6) is 0 Å². The van der Waals surface area contributed by atoms with E-state index in [0.29, 0.717) is 6.04 Å². The second kappa shape index (κ2) is 6.10. The molecule has 3 atom stereocenters. The molecule has 0 aromatic carbocycles. The largest absolute Gasteiger partial charge is 0.459 e. The summed E-state index contributed by atoms with van der Waals surface area (Å²) in [5, 5.41) is 4.13. The maximum Gasteiger partial charge on any atom is 0.323 e. The summed E-state index contributed by atoms with van der Waals surface area (Å²) in [5.74, 6) is -0.148. The van der Waals surface area contributed by atoms with Crippen molar-refractivity contribution in [1.82, 2.24) is 5.32 Å². The van der Waals surface area contributed by atoms with Crippen molar-refractivity contribution in [2.45, 2.75) is 69.9 Å². The van der Waals surface area contributed by atoms with E-state index in [1.165, 1.54) is 12.8 Å². The van der Waals surface area contributed by atoms with Gasteiger partial charge in [-0.25, -0.2) is 0 Å². The maximum atomic E-state index is 11.8. The predicted octanol–water partition coefficient (Wildman–Crippen LogP) is 2.59. The summed E-state index contributed by atoms with van der Waals surface area (Å²) in [7, 11) is 0. The lowest BCUT2D eigenvalue weighted by molar-refractivity contribution is -0.157. The monoisotopic (exact) mass is 259 g/mol. The predicted molar refractivity (Wildman–Crippen MR) is 73.4 cm³/mol. The van der Waals surface area contributed by atoms with Crippen LogP contribution < -0.4 is 5.32 Å². The van der Waals surface area contributed by atoms with Crippen molar-refractivity contribution < 1.29 is 9.53 Å². The Hall–Kier alpha value is -0.220. The van der Waals surface area contributed by atoms with Crippen molar-refractivity contribution in [2.24, 2.45) is 0 Å². The second-order valence-corrected chi connectivity index (χ2v) is 6.93. The van der Waals surface area contributed by atoms with Crippen LogP contribution in [-0.4, -0.2) is 35.2 Å². The van der Waals surface area contributed by atoms with Crippen LogP contribution in [0.2, 0.25) is 0 Å². The van der Waals surface area contributed by atoms with E-state index in [4.69, 9.17) is 4.74 Å². The van der Waals surface area contributed by atoms with E-state index in [2.05, 4.69) is 11.6 Å². The smallest absolute Gasteiger partial charge is 0.323 e. The van der Waals surface area contributed by atoms with Crippen molar-refractivity contribution >= 4 is 17.7 Å². The number of esters is 1. The topological polar surface area (TPSA) is 38.3 Å². The molecule has 0 aromatic heterocycles. The Kier molecular flexibility index (Phi) is 5.32. The van der Waals surface area contributed by atoms with Gasteiger partial charge in [-0.3, -0.25) is 4.79 Å². The number of thioether (sulfide) groups is 1. The van der Waals surface area contributed by atoms with E-state index < -0.39 is 5.60 Å². The van der Waals surface area contributed by atoms with Crippen LogP contribution in [0.3, 0.4) is 0 Å². The third-order valence-corrected chi connectivity index (χ3v) is 4.06. The van der Waals surface area contributed by atoms with Crippen LogP contribution in [0, 0.1) is 0 Å². The van der Waals surface area contributed by atoms with Crippen molar-refractivity contribution in [3.05, 3.63) is 0 Å². The van der Waals surface area contributed by atoms with E-state index in [9.17, 15) is 4.79 Å². The molecule has 1 aliphatic rings. The van der Waals surface area contributed by atoms with E-state index in [0.717, 1.165) is 11.7 Å². The Labute approximate surface area is 109 Å². The zero-order valence-corrected chi connectivity index (χ0v) is 12.4. The third kappa shape index (κ3) is 5.30. The SMILES string of the molecule is CSC1CCC(NC(C)C(=O)OC(C)(C)C)C1. The van der Waals surface area contributed by atoms with E-state index in [1.54, 1.807) is 0 Å². The summed E-state index contributed by atoms with van der Waals surface area (Å²) in [5.41, 5.74) is -0.398. The van der Waals surface area contributed by atoms with Gasteiger partial charge >= 0.3 is 5.97 Å². The summed E-state index contributed by atoms with van der Waals surface area (Å²) >= 11 is 1.93. The number of ether oxygens (including phenoxy) is 1. The lowest BCUT2D eigenvalue weighted by Crippen LogP contribution is -2.43. The van der Waals surface area contributed by atoms with Gasteiger partial charge < -0.3 is 10.1 Å². The first-order valence-electron chi connectivity index (χ1n) is 6.33. The lowest BCUT2D eigenvalue weighted by Gasteiger charge is -2.24. The highest BCUT2D eigenvalue weighted by Crippen LogP contribution is 2.28. The highest BCUT2D eigenvalue weighted by atomic mass is 32.2. The fraction of sp³-hybridized carbons (Fsp3) is 0.923. The fourth-order valence-electron chi connectivity index (χ4n) is 2.12. The van der Waals surface area contributed by atoms with Crippen LogP contribution in [0.25, 0.3) is 0 Å². The molecule has 3 unspecified atom stereocenters. The van der Waals surface area contributed by atoms with Gasteiger partial charge in [0.05, 0.1) is 0 Å². The molecular weight excluding hydrogens is 234 g/mol. The molecule has 1 N–H and O–H groups in total. The first-order chi connectivity index (χ1) is 7.81. The molecule has 100 valence electrons. The third-order valence-electron chi connectivity index (χ3n) is 2.96. The van der Waals surface area contributed by atoms with Gasteiger partial charge in [0.25, 0.3) is 0 Å². The average molecular weight is 259 g/mol. The van der Waals surface area contributed by atoms with Gasteiger partial charge in [0.2, 0.25) is 0 Å². The first kappa shape index (κ1) is 14.8. The van der Waals surface area contributed by atoms with Gasteiger partial charge in [0.1, 0.15) is 11.6 Å². The molecule has 0 aliphatic heterocycles. The quantitative estimate of drug-likeness (QED) is 0.788. The maximum absolute atomic E-state index is 11.8. The standard InChI is InChI=1S/C13H25NO2S/c1-9(12(15)16-13(2,3)4)14-10-6-7-11(8-10)17-5/h9-11,14H,6-8H2,1-5H3. The molecule has 1 fully saturated rings. The summed E-state index contributed by atoms with van der Waals surface area (Å²) in [6, 6.07) is 0.259. The highest BCUT2D eigenvalue weighted by Gasteiger charge is 2.28. The Morgan fingerprint density at radius 1 is 1.41 bits per heavy atom. The molecule has 3 nitrogen and oxygen atoms in total. The Morgan fingerprint density at radius 2 is 2.06 bits per heavy atom. The van der Waals surface area contributed by atoms with Crippen molar-refractivity contribution in [3.63, 3.8) is 0 Å². The Morgan fingerprint density at radius 3 is 2.53 bits per heavy atom. The molecule has 0 bridgehead atoms. The normalized spacial score (nSPS) is 26.9. The van der Waals surface area contributed by atoms with Crippen LogP contribution in [0.15, 0.2) is 0 Å². The molecule has 1 aliphatic carbocycles. The van der Waals surface area contributed by atoms with Gasteiger partial charge in [-0.1, -0.05) is 0 Å². The molecule has 17 heavy (non-hydrogen) atoms. The first-order valence-corrected chi connectivity index (χ1v) is 7.62. The molecule has 0 heterocycles. The number of carbonyl (C=O) groups excluding carboxylic acids is 1. The molecule has 0 aromatic rings. The summed E-state index contributed by atoms with van der Waals surface area (Å²) in [6.45, 7) is 7.59. The molecule has 4 heteroatoms. The van der Waals surface area contributed by atoms with Gasteiger partial charge in [-0.15, -0.1) is 0 Å². The molecule has 0 radical (unpaired) electrons. The number of nitrogens with one attached hydrogen (secondary N) is 1. The van der Waals surface area contributed by atoms with Crippen LogP contribution in [0.4, 0.5) is 0 Å². The minimum atomic E-state index is -0.398. The number of hydrogen-bond donors (Lipinski definition) is 1. The minimum Gasteiger partial charge on any atom is -0.459 e. The fourth-order valence-corrected chi connectivity index (χ4v) is 2.91. The summed E-state index contributed by atoms with van der Waals surface area (Å²) in [4.78, 5) is 11.8. The molecule has 0 saturated heterocycles. The molecule has 0 spiro atoms. The lowest BCUT2D eigenvalue weighted by atomic mass is 10.2. The van der Waals surface area contributed by atoms with Crippen molar-refractivity contribution in [3.8, 4) is 0 Å². The van der Waals surface area contributed by atoms with E-state index in [-0.39, 0.29) is 12.0 Å². The van der Waals surface area contributed by atoms with Crippen LogP contribution in [0.1, 0.15) is 47.0 Å². The Balaban J connectivity index is 2.34. The van der Waals surface area contributed by atoms with Crippen molar-refractivity contribution in [1.29, 1.82) is 0 Å². The number of carbonyl (C=O) groups is 1. The zero-order valence-electron chi connectivity index (χ0n) is 11.6. The van der Waals surface area contributed by atoms with Gasteiger partial charge in [0, 0.05) is 11.3 Å². The molecule has 0 amide bonds. The summed E-state index contributed by atoms with van der Waals surface area (Å²) in [6.07, 6.45) is 5.73. The molecule has 1 saturated carbocycles. The van der Waals surface area contributed by atoms with Gasteiger partial charge in [-0.05, 0) is 53.2 Å². The molecule has 1 rings (SSSR count). The number of rotatable bonds is 4. The van der Waals surface area contributed by atoms with Crippen LogP contribution in [-0.2, 0) is 9.53 Å². The Bertz CT molecular complexity index is 263. The zero-order chi connectivity index (χ0) is 13.1. The van der Waals surface area contributed by atoms with Gasteiger partial charge in [-0.2, -0.15) is 11.8 Å². The second-order valence-electron chi connectivity index (χ2n) is 5.79. The van der Waals surface area contributed by atoms with E-state index in [1.807, 2.05) is 39.5 Å². The average Bonchev–Trinajstić information content (AvgIpc) is 2.62. The summed E-state index contributed by atoms with van der Waals surface area (Å²) < 4.78 is 5.36. The van der Waals surface area contributed by atoms with Crippen molar-refractivity contribution in [2.75, 3.05) is 6.26 Å². The van der Waals surface area contributed by atoms with E-state index >= 15 is 0 Å². The minimum absolute atomic E-state index is 0.148. The molecular formula is C13H25NO2S. The van der Waals surface area contributed by atoms with Crippen LogP contribution >= 0.6 is 11.8 Å². The van der Waals surface area contributed by atoms with Gasteiger partial charge in [0.15, 0.2) is 0 Å². The number of hydrogen-bond acceptors (Lipinski definition) is 4.